The van der Waals surface area contributed by atoms with E-state index in [1.807, 2.05) is 6.26 Å². The van der Waals surface area contributed by atoms with Crippen LogP contribution in [0.3, 0.4) is 0 Å². The van der Waals surface area contributed by atoms with Crippen LogP contribution in [0.25, 0.3) is 0 Å². The molecule has 0 unspecified atom stereocenters. The van der Waals surface area contributed by atoms with Crippen molar-refractivity contribution in [1.82, 2.24) is 10.6 Å². The molecule has 0 aromatic heterocycles. The van der Waals surface area contributed by atoms with Crippen LogP contribution in [0, 0.1) is 0 Å². The Morgan fingerprint density at radius 2 is 1.71 bits per heavy atom. The number of nitrogens with one attached hydrogen (secondary N) is 2. The number of carbonyl (C=O) groups is 4. The molecule has 0 aliphatic carbocycles. The number of thioether (sulfide) groups is 1. The van der Waals surface area contributed by atoms with Crippen LogP contribution in [-0.2, 0) is 19.2 Å². The number of carboxylic acids is 1. The van der Waals surface area contributed by atoms with E-state index in [9.17, 15) is 19.2 Å². The van der Waals surface area contributed by atoms with E-state index < -0.39 is 41.8 Å². The van der Waals surface area contributed by atoms with Gasteiger partial charge in [0, 0.05) is 12.2 Å². The summed E-state index contributed by atoms with van der Waals surface area (Å²) in [6, 6.07) is -3.08. The Morgan fingerprint density at radius 3 is 2.17 bits per heavy atom. The van der Waals surface area contributed by atoms with Gasteiger partial charge in [0.2, 0.25) is 17.7 Å². The summed E-state index contributed by atoms with van der Waals surface area (Å²) in [5.74, 6) is -2.50. The quantitative estimate of drug-likeness (QED) is 0.220. The average Bonchev–Trinajstić information content (AvgIpc) is 2.53. The van der Waals surface area contributed by atoms with Crippen molar-refractivity contribution < 1.29 is 24.3 Å². The summed E-state index contributed by atoms with van der Waals surface area (Å²) in [5, 5.41) is 13.9. The standard InChI is InChI=1S/C13H24N4O5S2/c1-24-5-4-8(13(21)22)16-12(20)9(6-23)17-11(19)7(14)2-3-10(15)18/h7-9,23H,2-6,14H2,1H3,(H2,15,18)(H,16,20)(H,17,19)(H,21,22)/t7-,8-,9-/m0/s1. The van der Waals surface area contributed by atoms with Crippen molar-refractivity contribution in [3.8, 4) is 0 Å². The lowest BCUT2D eigenvalue weighted by Crippen LogP contribution is -2.55. The number of carbonyl (C=O) groups excluding carboxylic acids is 3. The van der Waals surface area contributed by atoms with Gasteiger partial charge in [0.25, 0.3) is 0 Å². The molecule has 9 nitrogen and oxygen atoms in total. The van der Waals surface area contributed by atoms with Gasteiger partial charge in [-0.15, -0.1) is 0 Å². The van der Waals surface area contributed by atoms with Crippen LogP contribution in [0.1, 0.15) is 19.3 Å². The number of aliphatic carboxylic acids is 1. The van der Waals surface area contributed by atoms with Crippen molar-refractivity contribution in [3.05, 3.63) is 0 Å². The lowest BCUT2D eigenvalue weighted by molar-refractivity contribution is -0.142. The first kappa shape index (κ1) is 22.5. The van der Waals surface area contributed by atoms with Gasteiger partial charge in [-0.3, -0.25) is 14.4 Å². The molecule has 0 saturated heterocycles. The molecular formula is C13H24N4O5S2. The van der Waals surface area contributed by atoms with E-state index >= 15 is 0 Å². The first-order valence-corrected chi connectivity index (χ1v) is 9.22. The number of amides is 3. The van der Waals surface area contributed by atoms with Crippen LogP contribution in [0.2, 0.25) is 0 Å². The van der Waals surface area contributed by atoms with Crippen molar-refractivity contribution in [2.24, 2.45) is 11.5 Å². The van der Waals surface area contributed by atoms with Gasteiger partial charge in [0.05, 0.1) is 6.04 Å². The maximum Gasteiger partial charge on any atom is 0.326 e. The van der Waals surface area contributed by atoms with Crippen LogP contribution >= 0.6 is 24.4 Å². The summed E-state index contributed by atoms with van der Waals surface area (Å²) in [6.07, 6.45) is 2.08. The molecule has 7 N–H and O–H groups in total. The third kappa shape index (κ3) is 8.99. The first-order valence-electron chi connectivity index (χ1n) is 7.20. The van der Waals surface area contributed by atoms with Gasteiger partial charge in [-0.25, -0.2) is 4.79 Å². The second-order valence-corrected chi connectivity index (χ2v) is 6.39. The summed E-state index contributed by atoms with van der Waals surface area (Å²) in [4.78, 5) is 45.8. The lowest BCUT2D eigenvalue weighted by atomic mass is 10.1. The molecule has 0 rings (SSSR count). The molecular weight excluding hydrogens is 356 g/mol. The van der Waals surface area contributed by atoms with E-state index in [0.717, 1.165) is 0 Å². The maximum atomic E-state index is 12.1. The highest BCUT2D eigenvalue weighted by Gasteiger charge is 2.26. The molecule has 0 radical (unpaired) electrons. The van der Waals surface area contributed by atoms with Crippen LogP contribution in [0.4, 0.5) is 0 Å². The van der Waals surface area contributed by atoms with Crippen molar-refractivity contribution >= 4 is 48.1 Å². The van der Waals surface area contributed by atoms with E-state index in [1.165, 1.54) is 11.8 Å². The summed E-state index contributed by atoms with van der Waals surface area (Å²) in [6.45, 7) is 0. The van der Waals surface area contributed by atoms with Crippen LogP contribution in [0.15, 0.2) is 0 Å². The molecule has 24 heavy (non-hydrogen) atoms. The third-order valence-corrected chi connectivity index (χ3v) is 4.09. The molecule has 0 aromatic rings. The highest BCUT2D eigenvalue weighted by molar-refractivity contribution is 7.98. The Hall–Kier alpha value is -1.46. The van der Waals surface area contributed by atoms with Crippen molar-refractivity contribution in [1.29, 1.82) is 0 Å². The second-order valence-electron chi connectivity index (χ2n) is 5.04. The minimum Gasteiger partial charge on any atom is -0.480 e. The fourth-order valence-electron chi connectivity index (χ4n) is 1.67. The fourth-order valence-corrected chi connectivity index (χ4v) is 2.40. The maximum absolute atomic E-state index is 12.1. The minimum atomic E-state index is -1.15. The van der Waals surface area contributed by atoms with Gasteiger partial charge in [0.15, 0.2) is 0 Å². The number of carboxylic acid groups (broad SMARTS) is 1. The molecule has 0 heterocycles. The van der Waals surface area contributed by atoms with Crippen molar-refractivity contribution in [2.75, 3.05) is 17.8 Å². The zero-order chi connectivity index (χ0) is 18.7. The predicted octanol–water partition coefficient (Wildman–Crippen LogP) is -1.68. The Morgan fingerprint density at radius 1 is 1.12 bits per heavy atom. The highest BCUT2D eigenvalue weighted by atomic mass is 32.2. The Bertz CT molecular complexity index is 464. The second kappa shape index (κ2) is 12.0. The van der Waals surface area contributed by atoms with Gasteiger partial charge in [-0.2, -0.15) is 24.4 Å². The monoisotopic (exact) mass is 380 g/mol. The number of thiol groups is 1. The van der Waals surface area contributed by atoms with E-state index in [0.29, 0.717) is 5.75 Å². The van der Waals surface area contributed by atoms with Gasteiger partial charge >= 0.3 is 5.97 Å². The molecule has 138 valence electrons. The zero-order valence-electron chi connectivity index (χ0n) is 13.4. The smallest absolute Gasteiger partial charge is 0.326 e. The topological polar surface area (TPSA) is 165 Å². The van der Waals surface area contributed by atoms with E-state index in [-0.39, 0.29) is 25.0 Å². The van der Waals surface area contributed by atoms with Gasteiger partial charge in [-0.05, 0) is 24.9 Å². The number of rotatable bonds is 12. The summed E-state index contributed by atoms with van der Waals surface area (Å²) >= 11 is 5.44. The summed E-state index contributed by atoms with van der Waals surface area (Å²) < 4.78 is 0. The number of hydrogen-bond acceptors (Lipinski definition) is 7. The lowest BCUT2D eigenvalue weighted by Gasteiger charge is -2.21. The predicted molar refractivity (Wildman–Crippen MR) is 94.8 cm³/mol. The van der Waals surface area contributed by atoms with Gasteiger partial charge in [-0.1, -0.05) is 0 Å². The highest BCUT2D eigenvalue weighted by Crippen LogP contribution is 2.02. The number of nitrogens with two attached hydrogens (primary N) is 2. The zero-order valence-corrected chi connectivity index (χ0v) is 15.1. The molecule has 0 fully saturated rings. The molecule has 3 amide bonds. The summed E-state index contributed by atoms with van der Waals surface area (Å²) in [5.41, 5.74) is 10.6. The van der Waals surface area contributed by atoms with Crippen molar-refractivity contribution in [3.63, 3.8) is 0 Å². The SMILES string of the molecule is CSCC[C@H](NC(=O)[C@H](CS)NC(=O)[C@@H](N)CCC(N)=O)C(=O)O. The van der Waals surface area contributed by atoms with E-state index in [1.54, 1.807) is 0 Å². The molecule has 0 aromatic carbocycles. The van der Waals surface area contributed by atoms with Crippen LogP contribution < -0.4 is 22.1 Å². The fraction of sp³-hybridized carbons (Fsp3) is 0.692. The van der Waals surface area contributed by atoms with E-state index in [4.69, 9.17) is 16.6 Å². The number of primary amides is 1. The molecule has 0 spiro atoms. The van der Waals surface area contributed by atoms with Gasteiger partial charge in [0.1, 0.15) is 12.1 Å². The minimum absolute atomic E-state index is 0.0328. The molecule has 3 atom stereocenters. The molecule has 0 aliphatic heterocycles. The molecule has 0 bridgehead atoms. The molecule has 0 saturated carbocycles. The van der Waals surface area contributed by atoms with Crippen LogP contribution in [0.5, 0.6) is 0 Å². The Labute approximate surface area is 150 Å². The largest absolute Gasteiger partial charge is 0.480 e. The Kier molecular flexibility index (Phi) is 11.3. The normalized spacial score (nSPS) is 14.3. The third-order valence-electron chi connectivity index (χ3n) is 3.08. The average molecular weight is 380 g/mol. The van der Waals surface area contributed by atoms with Gasteiger partial charge < -0.3 is 27.2 Å². The molecule has 0 aliphatic rings. The Balaban J connectivity index is 4.64. The van der Waals surface area contributed by atoms with Crippen molar-refractivity contribution in [2.45, 2.75) is 37.4 Å². The van der Waals surface area contributed by atoms with Crippen LogP contribution in [-0.4, -0.2) is 64.7 Å². The van der Waals surface area contributed by atoms with E-state index in [2.05, 4.69) is 23.3 Å². The molecule has 11 heteroatoms. The first-order chi connectivity index (χ1) is 11.2. The summed E-state index contributed by atoms with van der Waals surface area (Å²) in [7, 11) is 0. The number of hydrogen-bond donors (Lipinski definition) is 6.